The normalized spacial score (nSPS) is 20.7. The van der Waals surface area contributed by atoms with Crippen LogP contribution >= 0.6 is 0 Å². The van der Waals surface area contributed by atoms with Gasteiger partial charge in [0, 0.05) is 39.8 Å². The second-order valence-electron chi connectivity index (χ2n) is 13.9. The van der Waals surface area contributed by atoms with E-state index in [1.807, 2.05) is 34.6 Å². The van der Waals surface area contributed by atoms with Crippen molar-refractivity contribution in [2.24, 2.45) is 23.7 Å². The minimum Gasteiger partial charge on any atom is -0.346 e. The number of ketones is 1. The largest absolute Gasteiger partial charge is 0.346 e. The number of Topliss-reactive ketones (excluding diaryl/α,β-unsaturated/α-hetero) is 1. The number of hydrogen-bond acceptors (Lipinski definition) is 7. The summed E-state index contributed by atoms with van der Waals surface area (Å²) in [6.07, 6.45) is 7.14. The van der Waals surface area contributed by atoms with Gasteiger partial charge in [-0.25, -0.2) is 9.52 Å². The predicted octanol–water partition coefficient (Wildman–Crippen LogP) is 1.68. The molecule has 14 nitrogen and oxygen atoms in total. The van der Waals surface area contributed by atoms with Crippen LogP contribution < -0.4 is 26.0 Å². The average Bonchev–Trinajstić information content (AvgIpc) is 3.49. The van der Waals surface area contributed by atoms with Gasteiger partial charge in [-0.15, -0.1) is 6.58 Å². The van der Waals surface area contributed by atoms with E-state index in [-0.39, 0.29) is 49.1 Å². The van der Waals surface area contributed by atoms with Gasteiger partial charge < -0.3 is 26.2 Å². The summed E-state index contributed by atoms with van der Waals surface area (Å²) in [6.45, 7) is 13.5. The summed E-state index contributed by atoms with van der Waals surface area (Å²) in [5, 5.41) is 11.0. The number of hydrogen-bond donors (Lipinski definition) is 5. The van der Waals surface area contributed by atoms with Gasteiger partial charge >= 0.3 is 6.03 Å². The van der Waals surface area contributed by atoms with Crippen LogP contribution in [0.3, 0.4) is 0 Å². The second kappa shape index (κ2) is 19.2. The van der Waals surface area contributed by atoms with Crippen LogP contribution in [0.25, 0.3) is 0 Å². The van der Waals surface area contributed by atoms with E-state index in [1.165, 1.54) is 25.1 Å². The van der Waals surface area contributed by atoms with Crippen molar-refractivity contribution in [2.45, 2.75) is 110 Å². The standard InChI is InChI=1S/C33H59N7O7S/c1-9-14-25(29(41)31(43)34-18-10-2)36-30(42)28-24(21(3)4)17-19-40(28)32(44)27(23-15-12-11-13-16-23)38-33(45)37-26(22(5)6)20-35-48(46,47)39(7)8/h10,21-28,35H,2,9,11-20H2,1,3-8H3,(H,34,43)(H,36,42)(H2,37,38,45)/t24?,25?,26-,27+,28+/m1/s1. The lowest BCUT2D eigenvalue weighted by Gasteiger charge is -2.36. The zero-order valence-electron chi connectivity index (χ0n) is 29.8. The number of carbonyl (C=O) groups is 5. The molecule has 1 saturated carbocycles. The Morgan fingerprint density at radius 3 is 2.15 bits per heavy atom. The number of nitrogens with zero attached hydrogens (tertiary/aromatic N) is 2. The molecular weight excluding hydrogens is 638 g/mol. The van der Waals surface area contributed by atoms with E-state index >= 15 is 0 Å². The summed E-state index contributed by atoms with van der Waals surface area (Å²) in [5.74, 6) is -2.86. The zero-order chi connectivity index (χ0) is 36.2. The van der Waals surface area contributed by atoms with Crippen molar-refractivity contribution in [1.82, 2.24) is 35.2 Å². The molecule has 0 aromatic rings. The quantitative estimate of drug-likeness (QED) is 0.107. The highest BCUT2D eigenvalue weighted by Crippen LogP contribution is 2.34. The molecular formula is C33H59N7O7S. The Hall–Kier alpha value is -3.04. The fraction of sp³-hybridized carbons (Fsp3) is 0.788. The molecule has 0 aromatic carbocycles. The Morgan fingerprint density at radius 1 is 0.958 bits per heavy atom. The van der Waals surface area contributed by atoms with Crippen LogP contribution in [0.2, 0.25) is 0 Å². The van der Waals surface area contributed by atoms with Crippen molar-refractivity contribution >= 4 is 39.7 Å². The summed E-state index contributed by atoms with van der Waals surface area (Å²) < 4.78 is 28.1. The molecule has 2 rings (SSSR count). The first kappa shape index (κ1) is 41.1. The summed E-state index contributed by atoms with van der Waals surface area (Å²) in [4.78, 5) is 68.9. The van der Waals surface area contributed by atoms with E-state index < -0.39 is 58.0 Å². The summed E-state index contributed by atoms with van der Waals surface area (Å²) in [6, 6.07) is -4.00. The molecule has 0 spiro atoms. The molecule has 1 aliphatic carbocycles. The first-order valence-corrected chi connectivity index (χ1v) is 18.8. The molecule has 2 unspecified atom stereocenters. The number of likely N-dealkylation sites (tertiary alicyclic amines) is 1. The van der Waals surface area contributed by atoms with Crippen molar-refractivity contribution < 1.29 is 32.4 Å². The van der Waals surface area contributed by atoms with Gasteiger partial charge in [0.1, 0.15) is 12.1 Å². The lowest BCUT2D eigenvalue weighted by atomic mass is 9.83. The van der Waals surface area contributed by atoms with E-state index in [9.17, 15) is 32.4 Å². The first-order valence-electron chi connectivity index (χ1n) is 17.3. The first-order chi connectivity index (χ1) is 22.5. The van der Waals surface area contributed by atoms with E-state index in [0.29, 0.717) is 19.4 Å². The van der Waals surface area contributed by atoms with Crippen LogP contribution in [0.5, 0.6) is 0 Å². The Bertz CT molecular complexity index is 1230. The van der Waals surface area contributed by atoms with Gasteiger partial charge in [0.25, 0.3) is 16.1 Å². The Labute approximate surface area is 287 Å². The van der Waals surface area contributed by atoms with Crippen LogP contribution in [0, 0.1) is 23.7 Å². The third kappa shape index (κ3) is 11.5. The number of carbonyl (C=O) groups excluding carboxylic acids is 5. The van der Waals surface area contributed by atoms with Crippen LogP contribution in [0.15, 0.2) is 12.7 Å². The summed E-state index contributed by atoms with van der Waals surface area (Å²) in [7, 11) is -0.898. The smallest absolute Gasteiger partial charge is 0.315 e. The molecule has 5 atom stereocenters. The lowest BCUT2D eigenvalue weighted by molar-refractivity contribution is -0.144. The molecule has 48 heavy (non-hydrogen) atoms. The third-order valence-corrected chi connectivity index (χ3v) is 10.9. The molecule has 274 valence electrons. The Kier molecular flexibility index (Phi) is 16.5. The van der Waals surface area contributed by atoms with Crippen molar-refractivity contribution in [1.29, 1.82) is 0 Å². The van der Waals surface area contributed by atoms with Crippen molar-refractivity contribution in [3.05, 3.63) is 12.7 Å². The molecule has 15 heteroatoms. The molecule has 0 aromatic heterocycles. The van der Waals surface area contributed by atoms with Crippen LogP contribution in [-0.4, -0.2) is 105 Å². The van der Waals surface area contributed by atoms with Crippen LogP contribution in [0.1, 0.15) is 86.0 Å². The number of nitrogens with one attached hydrogen (secondary N) is 5. The molecule has 2 fully saturated rings. The minimum atomic E-state index is -3.72. The highest BCUT2D eigenvalue weighted by molar-refractivity contribution is 7.87. The zero-order valence-corrected chi connectivity index (χ0v) is 30.7. The van der Waals surface area contributed by atoms with Crippen molar-refractivity contribution in [3.8, 4) is 0 Å². The van der Waals surface area contributed by atoms with Gasteiger partial charge in [-0.1, -0.05) is 66.4 Å². The summed E-state index contributed by atoms with van der Waals surface area (Å²) >= 11 is 0. The van der Waals surface area contributed by atoms with Gasteiger partial charge in [-0.05, 0) is 49.4 Å². The van der Waals surface area contributed by atoms with Gasteiger partial charge in [-0.2, -0.15) is 12.7 Å². The topological polar surface area (TPSA) is 186 Å². The summed E-state index contributed by atoms with van der Waals surface area (Å²) in [5.41, 5.74) is 0. The number of urea groups is 1. The maximum Gasteiger partial charge on any atom is 0.315 e. The Balaban J connectivity index is 2.33. The van der Waals surface area contributed by atoms with E-state index in [2.05, 4.69) is 32.6 Å². The fourth-order valence-electron chi connectivity index (χ4n) is 6.48. The molecule has 2 aliphatic rings. The molecule has 5 amide bonds. The molecule has 1 aliphatic heterocycles. The lowest BCUT2D eigenvalue weighted by Crippen LogP contribution is -2.61. The molecule has 5 N–H and O–H groups in total. The van der Waals surface area contributed by atoms with Crippen LogP contribution in [0.4, 0.5) is 4.79 Å². The van der Waals surface area contributed by atoms with Crippen molar-refractivity contribution in [2.75, 3.05) is 33.7 Å². The Morgan fingerprint density at radius 2 is 1.60 bits per heavy atom. The van der Waals surface area contributed by atoms with Gasteiger partial charge in [-0.3, -0.25) is 19.2 Å². The maximum atomic E-state index is 14.5. The highest BCUT2D eigenvalue weighted by atomic mass is 32.2. The monoisotopic (exact) mass is 697 g/mol. The number of rotatable bonds is 18. The SMILES string of the molecule is C=CCNC(=O)C(=O)C(CCC)NC(=O)[C@@H]1C(C(C)C)CCN1C(=O)[C@@H](NC(=O)N[C@H](CNS(=O)(=O)N(C)C)C(C)C)C1CCCCC1. The van der Waals surface area contributed by atoms with E-state index in [4.69, 9.17) is 0 Å². The third-order valence-electron chi connectivity index (χ3n) is 9.46. The van der Waals surface area contributed by atoms with Gasteiger partial charge in [0.15, 0.2) is 0 Å². The highest BCUT2D eigenvalue weighted by Gasteiger charge is 2.47. The minimum absolute atomic E-state index is 0.0388. The second-order valence-corrected chi connectivity index (χ2v) is 15.8. The predicted molar refractivity (Wildman–Crippen MR) is 185 cm³/mol. The molecule has 1 saturated heterocycles. The molecule has 0 bridgehead atoms. The van der Waals surface area contributed by atoms with Crippen LogP contribution in [-0.2, 0) is 29.4 Å². The molecule has 0 radical (unpaired) electrons. The van der Waals surface area contributed by atoms with Gasteiger partial charge in [0.05, 0.1) is 6.04 Å². The fourth-order valence-corrected chi connectivity index (χ4v) is 7.13. The molecule has 1 heterocycles. The van der Waals surface area contributed by atoms with E-state index in [1.54, 1.807) is 0 Å². The van der Waals surface area contributed by atoms with Gasteiger partial charge in [0.2, 0.25) is 17.6 Å². The number of amides is 5. The average molecular weight is 698 g/mol. The van der Waals surface area contributed by atoms with Crippen molar-refractivity contribution in [3.63, 3.8) is 0 Å². The maximum absolute atomic E-state index is 14.5. The van der Waals surface area contributed by atoms with E-state index in [0.717, 1.165) is 36.4 Å².